The summed E-state index contributed by atoms with van der Waals surface area (Å²) in [5.41, 5.74) is 5.67. The molecule has 0 N–H and O–H groups in total. The van der Waals surface area contributed by atoms with E-state index in [1.807, 2.05) is 79.1 Å². The largest absolute Gasteiger partial charge is 0.457 e. The van der Waals surface area contributed by atoms with Crippen molar-refractivity contribution in [1.29, 1.82) is 0 Å². The number of aromatic nitrogens is 1. The van der Waals surface area contributed by atoms with E-state index in [1.54, 1.807) is 6.08 Å². The van der Waals surface area contributed by atoms with E-state index in [9.17, 15) is 14.4 Å². The Labute approximate surface area is 213 Å². The zero-order valence-corrected chi connectivity index (χ0v) is 21.0. The number of carbonyl (C=O) groups is 3. The lowest BCUT2D eigenvalue weighted by atomic mass is 9.83. The smallest absolute Gasteiger partial charge is 0.316 e. The van der Waals surface area contributed by atoms with Crippen molar-refractivity contribution < 1.29 is 19.1 Å². The lowest BCUT2D eigenvalue weighted by Crippen LogP contribution is -2.16. The molecule has 0 saturated carbocycles. The first-order valence-electron chi connectivity index (χ1n) is 11.7. The monoisotopic (exact) mass is 495 g/mol. The molecule has 36 heavy (non-hydrogen) atoms. The Bertz CT molecular complexity index is 1560. The first kappa shape index (κ1) is 23.8. The van der Waals surface area contributed by atoms with E-state index in [0.29, 0.717) is 23.2 Å². The molecule has 0 atom stereocenters. The van der Waals surface area contributed by atoms with E-state index in [4.69, 9.17) is 4.74 Å². The van der Waals surface area contributed by atoms with Gasteiger partial charge < -0.3 is 9.30 Å². The molecule has 5 nitrogen and oxygen atoms in total. The molecule has 3 aromatic carbocycles. The maximum absolute atomic E-state index is 13.1. The van der Waals surface area contributed by atoms with Gasteiger partial charge in [0.25, 0.3) is 0 Å². The van der Waals surface area contributed by atoms with Crippen molar-refractivity contribution in [2.75, 3.05) is 12.4 Å². The highest BCUT2D eigenvalue weighted by atomic mass is 32.2. The molecule has 0 radical (unpaired) electrons. The molecule has 0 amide bonds. The second-order valence-electron chi connectivity index (χ2n) is 8.77. The summed E-state index contributed by atoms with van der Waals surface area (Å²) in [6, 6.07) is 19.1. The zero-order valence-electron chi connectivity index (χ0n) is 20.2. The summed E-state index contributed by atoms with van der Waals surface area (Å²) >= 11 is 1.34. The van der Waals surface area contributed by atoms with Gasteiger partial charge in [0, 0.05) is 44.9 Å². The first-order valence-corrected chi connectivity index (χ1v) is 12.7. The maximum atomic E-state index is 13.1. The van der Waals surface area contributed by atoms with Crippen LogP contribution in [0.3, 0.4) is 0 Å². The van der Waals surface area contributed by atoms with Crippen LogP contribution in [0.25, 0.3) is 21.9 Å². The fourth-order valence-corrected chi connectivity index (χ4v) is 5.72. The normalized spacial score (nSPS) is 11.9. The van der Waals surface area contributed by atoms with Crippen molar-refractivity contribution in [2.24, 2.45) is 0 Å². The number of carbonyl (C=O) groups excluding carboxylic acids is 3. The van der Waals surface area contributed by atoms with Crippen LogP contribution in [0.2, 0.25) is 0 Å². The number of esters is 1. The molecule has 1 aromatic heterocycles. The average Bonchev–Trinajstić information content (AvgIpc) is 3.18. The molecule has 0 saturated heterocycles. The summed E-state index contributed by atoms with van der Waals surface area (Å²) < 4.78 is 7.31. The molecule has 5 rings (SSSR count). The number of nitrogens with zero attached hydrogens (tertiary/aromatic N) is 1. The second kappa shape index (κ2) is 9.63. The Morgan fingerprint density at radius 3 is 2.50 bits per heavy atom. The van der Waals surface area contributed by atoms with Gasteiger partial charge >= 0.3 is 5.97 Å². The van der Waals surface area contributed by atoms with Crippen molar-refractivity contribution in [3.63, 3.8) is 0 Å². The molecule has 6 heteroatoms. The predicted octanol–water partition coefficient (Wildman–Crippen LogP) is 6.17. The summed E-state index contributed by atoms with van der Waals surface area (Å²) in [6.07, 6.45) is 1.78. The van der Waals surface area contributed by atoms with Crippen LogP contribution in [0.4, 0.5) is 0 Å². The average molecular weight is 496 g/mol. The van der Waals surface area contributed by atoms with E-state index >= 15 is 0 Å². The minimum atomic E-state index is -0.463. The lowest BCUT2D eigenvalue weighted by molar-refractivity contribution is -0.139. The fraction of sp³-hybridized carbons (Fsp3) is 0.167. The Morgan fingerprint density at radius 1 is 0.972 bits per heavy atom. The molecule has 0 aliphatic heterocycles. The molecule has 0 bridgehead atoms. The minimum Gasteiger partial charge on any atom is -0.457 e. The van der Waals surface area contributed by atoms with Crippen LogP contribution in [0.15, 0.2) is 78.2 Å². The van der Waals surface area contributed by atoms with Crippen LogP contribution in [0.5, 0.6) is 0 Å². The number of hydrogen-bond donors (Lipinski definition) is 0. The van der Waals surface area contributed by atoms with Crippen molar-refractivity contribution in [3.05, 3.63) is 101 Å². The van der Waals surface area contributed by atoms with Gasteiger partial charge in [-0.05, 0) is 42.5 Å². The topological polar surface area (TPSA) is 65.4 Å². The van der Waals surface area contributed by atoms with E-state index < -0.39 is 5.97 Å². The molecule has 0 spiro atoms. The van der Waals surface area contributed by atoms with Crippen molar-refractivity contribution >= 4 is 40.1 Å². The summed E-state index contributed by atoms with van der Waals surface area (Å²) in [4.78, 5) is 39.2. The third-order valence-corrected chi connectivity index (χ3v) is 7.65. The molecule has 1 aliphatic rings. The Kier molecular flexibility index (Phi) is 6.37. The number of fused-ring (bicyclic) bond motifs is 2. The quantitative estimate of drug-likeness (QED) is 0.111. The summed E-state index contributed by atoms with van der Waals surface area (Å²) in [6.45, 7) is 7.88. The minimum absolute atomic E-state index is 0.0104. The number of hydrogen-bond acceptors (Lipinski definition) is 5. The van der Waals surface area contributed by atoms with Crippen molar-refractivity contribution in [1.82, 2.24) is 4.57 Å². The molecule has 4 aromatic rings. The molecular formula is C30H25NO4S. The van der Waals surface area contributed by atoms with Gasteiger partial charge in [0.1, 0.15) is 0 Å². The van der Waals surface area contributed by atoms with Gasteiger partial charge in [-0.2, -0.15) is 0 Å². The Hall–Kier alpha value is -3.90. The third kappa shape index (κ3) is 4.07. The van der Waals surface area contributed by atoms with Crippen LogP contribution in [0, 0.1) is 13.8 Å². The third-order valence-electron chi connectivity index (χ3n) is 6.60. The van der Waals surface area contributed by atoms with Gasteiger partial charge in [0.2, 0.25) is 5.78 Å². The SMILES string of the molecule is C=CCn1c(C)cc(C(=O)COC(=O)CSc2ccc3c4c(cccc24)C(=O)c2ccccc2-3)c1C. The van der Waals surface area contributed by atoms with E-state index in [1.165, 1.54) is 11.8 Å². The molecule has 0 fully saturated rings. The number of allylic oxidation sites excluding steroid dienone is 1. The van der Waals surface area contributed by atoms with Gasteiger partial charge in [0.15, 0.2) is 12.4 Å². The van der Waals surface area contributed by atoms with Crippen LogP contribution < -0.4 is 0 Å². The number of aryl methyl sites for hydroxylation is 1. The van der Waals surface area contributed by atoms with Gasteiger partial charge in [-0.1, -0.05) is 54.6 Å². The summed E-state index contributed by atoms with van der Waals surface area (Å²) in [5.74, 6) is -0.617. The number of ketones is 2. The van der Waals surface area contributed by atoms with Gasteiger partial charge in [0.05, 0.1) is 5.75 Å². The highest BCUT2D eigenvalue weighted by Crippen LogP contribution is 2.42. The van der Waals surface area contributed by atoms with E-state index in [-0.39, 0.29) is 23.9 Å². The summed E-state index contributed by atoms with van der Waals surface area (Å²) in [5, 5.41) is 1.83. The highest BCUT2D eigenvalue weighted by Gasteiger charge is 2.25. The number of benzene rings is 3. The number of thioether (sulfide) groups is 1. The van der Waals surface area contributed by atoms with E-state index in [0.717, 1.165) is 38.2 Å². The van der Waals surface area contributed by atoms with E-state index in [2.05, 4.69) is 6.58 Å². The molecule has 1 aliphatic carbocycles. The zero-order chi connectivity index (χ0) is 25.4. The van der Waals surface area contributed by atoms with Crippen LogP contribution in [-0.2, 0) is 16.1 Å². The van der Waals surface area contributed by atoms with Crippen LogP contribution in [0.1, 0.15) is 37.7 Å². The second-order valence-corrected chi connectivity index (χ2v) is 9.79. The van der Waals surface area contributed by atoms with Crippen molar-refractivity contribution in [3.8, 4) is 11.1 Å². The maximum Gasteiger partial charge on any atom is 0.316 e. The van der Waals surface area contributed by atoms with Crippen LogP contribution >= 0.6 is 11.8 Å². The Morgan fingerprint density at radius 2 is 1.72 bits per heavy atom. The number of ether oxygens (including phenoxy) is 1. The van der Waals surface area contributed by atoms with Gasteiger partial charge in [-0.25, -0.2) is 0 Å². The highest BCUT2D eigenvalue weighted by molar-refractivity contribution is 8.00. The predicted molar refractivity (Wildman–Crippen MR) is 143 cm³/mol. The van der Waals surface area contributed by atoms with Crippen LogP contribution in [-0.4, -0.2) is 34.5 Å². The molecule has 1 heterocycles. The number of Topliss-reactive ketones (excluding diaryl/α,β-unsaturated/α-hetero) is 1. The molecule has 0 unspecified atom stereocenters. The lowest BCUT2D eigenvalue weighted by Gasteiger charge is -2.21. The summed E-state index contributed by atoms with van der Waals surface area (Å²) in [7, 11) is 0. The molecule has 180 valence electrons. The first-order chi connectivity index (χ1) is 17.4. The van der Waals surface area contributed by atoms with Gasteiger partial charge in [-0.3, -0.25) is 14.4 Å². The fourth-order valence-electron chi connectivity index (χ4n) is 4.88. The Balaban J connectivity index is 1.30. The standard InChI is InChI=1S/C30H25NO4S/c1-4-14-31-18(2)15-25(19(31)3)26(32)16-35-28(33)17-36-27-13-12-21-20-8-5-6-9-22(20)30(34)24-11-7-10-23(27)29(21)24/h4-13,15H,1,14,16-17H2,2-3H3. The molecular weight excluding hydrogens is 470 g/mol. The van der Waals surface area contributed by atoms with Gasteiger partial charge in [-0.15, -0.1) is 18.3 Å². The van der Waals surface area contributed by atoms with Crippen molar-refractivity contribution in [2.45, 2.75) is 25.3 Å². The number of rotatable bonds is 8.